The first-order valence-electron chi connectivity index (χ1n) is 10.1. The second kappa shape index (κ2) is 10.3. The van der Waals surface area contributed by atoms with Crippen LogP contribution in [-0.2, 0) is 23.8 Å². The van der Waals surface area contributed by atoms with Gasteiger partial charge in [-0.25, -0.2) is 4.79 Å². The van der Waals surface area contributed by atoms with Crippen molar-refractivity contribution < 1.29 is 26.9 Å². The molecule has 30 heavy (non-hydrogen) atoms. The molecule has 1 aliphatic rings. The Kier molecular flexibility index (Phi) is 8.56. The fourth-order valence-corrected chi connectivity index (χ4v) is 4.06. The largest absolute Gasteiger partial charge is 0.444 e. The molecule has 170 valence electrons. The topological polar surface area (TPSA) is 82.1 Å². The van der Waals surface area contributed by atoms with E-state index in [1.54, 1.807) is 4.90 Å². The van der Waals surface area contributed by atoms with Crippen molar-refractivity contribution in [2.45, 2.75) is 52.2 Å². The van der Waals surface area contributed by atoms with Crippen LogP contribution in [0.3, 0.4) is 0 Å². The SMILES string of the molecule is Cc1ccc(Cl)cc1[C@H](OCCOS(C)(=O)=O)[C@@H]1CCCN(C(=O)OC(C)(C)C)C1. The number of piperidine rings is 1. The van der Waals surface area contributed by atoms with Crippen LogP contribution in [0.1, 0.15) is 50.8 Å². The molecule has 2 rings (SSSR count). The number of benzene rings is 1. The number of halogens is 1. The molecule has 1 aromatic rings. The zero-order valence-corrected chi connectivity index (χ0v) is 19.9. The van der Waals surface area contributed by atoms with E-state index in [2.05, 4.69) is 0 Å². The number of aryl methyl sites for hydroxylation is 1. The predicted octanol–water partition coefficient (Wildman–Crippen LogP) is 4.33. The maximum absolute atomic E-state index is 12.6. The monoisotopic (exact) mass is 461 g/mol. The lowest BCUT2D eigenvalue weighted by molar-refractivity contribution is -0.0325. The molecule has 9 heteroatoms. The molecule has 0 aromatic heterocycles. The van der Waals surface area contributed by atoms with Crippen LogP contribution in [0.15, 0.2) is 18.2 Å². The van der Waals surface area contributed by atoms with Crippen LogP contribution in [0.5, 0.6) is 0 Å². The highest BCUT2D eigenvalue weighted by atomic mass is 35.5. The Labute approximate surface area is 184 Å². The van der Waals surface area contributed by atoms with Crippen molar-refractivity contribution in [3.05, 3.63) is 34.3 Å². The number of carbonyl (C=O) groups is 1. The van der Waals surface area contributed by atoms with E-state index in [0.29, 0.717) is 18.1 Å². The van der Waals surface area contributed by atoms with Crippen molar-refractivity contribution >= 4 is 27.8 Å². The number of likely N-dealkylation sites (tertiary alicyclic amines) is 1. The summed E-state index contributed by atoms with van der Waals surface area (Å²) < 4.78 is 38.9. The van der Waals surface area contributed by atoms with Crippen molar-refractivity contribution in [2.75, 3.05) is 32.6 Å². The van der Waals surface area contributed by atoms with Gasteiger partial charge in [-0.2, -0.15) is 8.42 Å². The Balaban J connectivity index is 2.18. The summed E-state index contributed by atoms with van der Waals surface area (Å²) in [6.07, 6.45) is 2.00. The van der Waals surface area contributed by atoms with Crippen LogP contribution in [0.25, 0.3) is 0 Å². The summed E-state index contributed by atoms with van der Waals surface area (Å²) in [7, 11) is -3.53. The first kappa shape index (κ1) is 24.9. The van der Waals surface area contributed by atoms with Crippen LogP contribution in [0.2, 0.25) is 5.02 Å². The van der Waals surface area contributed by atoms with E-state index in [1.165, 1.54) is 0 Å². The molecule has 0 saturated carbocycles. The van der Waals surface area contributed by atoms with Gasteiger partial charge in [-0.3, -0.25) is 4.18 Å². The van der Waals surface area contributed by atoms with E-state index in [0.717, 1.165) is 30.2 Å². The highest BCUT2D eigenvalue weighted by Crippen LogP contribution is 2.36. The Morgan fingerprint density at radius 2 is 2.00 bits per heavy atom. The third-order valence-electron chi connectivity index (χ3n) is 4.76. The highest BCUT2D eigenvalue weighted by Gasteiger charge is 2.33. The number of ether oxygens (including phenoxy) is 2. The molecule has 0 unspecified atom stereocenters. The van der Waals surface area contributed by atoms with Gasteiger partial charge in [0.1, 0.15) is 5.60 Å². The van der Waals surface area contributed by atoms with Gasteiger partial charge in [-0.1, -0.05) is 17.7 Å². The van der Waals surface area contributed by atoms with E-state index in [-0.39, 0.29) is 31.3 Å². The molecule has 0 spiro atoms. The molecule has 0 aliphatic carbocycles. The number of rotatable bonds is 7. The van der Waals surface area contributed by atoms with Gasteiger partial charge in [-0.15, -0.1) is 0 Å². The summed E-state index contributed by atoms with van der Waals surface area (Å²) >= 11 is 6.23. The Morgan fingerprint density at radius 3 is 2.63 bits per heavy atom. The third kappa shape index (κ3) is 8.06. The van der Waals surface area contributed by atoms with Crippen LogP contribution < -0.4 is 0 Å². The van der Waals surface area contributed by atoms with Gasteiger partial charge in [0.25, 0.3) is 10.1 Å². The summed E-state index contributed by atoms with van der Waals surface area (Å²) in [4.78, 5) is 14.3. The van der Waals surface area contributed by atoms with Crippen molar-refractivity contribution in [3.63, 3.8) is 0 Å². The molecule has 1 heterocycles. The van der Waals surface area contributed by atoms with Gasteiger partial charge in [0, 0.05) is 24.0 Å². The number of hydrogen-bond donors (Lipinski definition) is 0. The molecular weight excluding hydrogens is 430 g/mol. The van der Waals surface area contributed by atoms with Gasteiger partial charge in [0.15, 0.2) is 0 Å². The normalized spacial score (nSPS) is 18.9. The molecule has 1 aliphatic heterocycles. The number of nitrogens with zero attached hydrogens (tertiary/aromatic N) is 1. The molecule has 2 atom stereocenters. The number of hydrogen-bond acceptors (Lipinski definition) is 6. The fourth-order valence-electron chi connectivity index (χ4n) is 3.51. The summed E-state index contributed by atoms with van der Waals surface area (Å²) in [6, 6.07) is 5.61. The average molecular weight is 462 g/mol. The lowest BCUT2D eigenvalue weighted by Crippen LogP contribution is -2.44. The first-order valence-corrected chi connectivity index (χ1v) is 12.2. The zero-order valence-electron chi connectivity index (χ0n) is 18.3. The van der Waals surface area contributed by atoms with Crippen LogP contribution in [-0.4, -0.2) is 57.6 Å². The molecular formula is C21H32ClNO6S. The summed E-state index contributed by atoms with van der Waals surface area (Å²) in [5.41, 5.74) is 1.38. The minimum Gasteiger partial charge on any atom is -0.444 e. The average Bonchev–Trinajstić information content (AvgIpc) is 2.62. The lowest BCUT2D eigenvalue weighted by Gasteiger charge is -2.38. The second-order valence-electron chi connectivity index (χ2n) is 8.65. The lowest BCUT2D eigenvalue weighted by atomic mass is 9.86. The molecule has 7 nitrogen and oxygen atoms in total. The van der Waals surface area contributed by atoms with Crippen LogP contribution in [0, 0.1) is 12.8 Å². The highest BCUT2D eigenvalue weighted by molar-refractivity contribution is 7.85. The van der Waals surface area contributed by atoms with E-state index in [4.69, 9.17) is 25.3 Å². The third-order valence-corrected chi connectivity index (χ3v) is 5.59. The van der Waals surface area contributed by atoms with Crippen molar-refractivity contribution in [2.24, 2.45) is 5.92 Å². The maximum atomic E-state index is 12.6. The van der Waals surface area contributed by atoms with E-state index in [9.17, 15) is 13.2 Å². The molecule has 1 aromatic carbocycles. The number of carbonyl (C=O) groups excluding carboxylic acids is 1. The Hall–Kier alpha value is -1.35. The molecule has 1 amide bonds. The molecule has 1 fully saturated rings. The van der Waals surface area contributed by atoms with Gasteiger partial charge >= 0.3 is 6.09 Å². The van der Waals surface area contributed by atoms with E-state index in [1.807, 2.05) is 45.9 Å². The summed E-state index contributed by atoms with van der Waals surface area (Å²) in [6.45, 7) is 8.65. The number of amides is 1. The van der Waals surface area contributed by atoms with Crippen molar-refractivity contribution in [1.82, 2.24) is 4.90 Å². The van der Waals surface area contributed by atoms with Gasteiger partial charge in [0.05, 0.1) is 25.6 Å². The fraction of sp³-hybridized carbons (Fsp3) is 0.667. The van der Waals surface area contributed by atoms with Gasteiger partial charge in [-0.05, 0) is 63.8 Å². The second-order valence-corrected chi connectivity index (χ2v) is 10.7. The summed E-state index contributed by atoms with van der Waals surface area (Å²) in [5, 5.41) is 0.594. The van der Waals surface area contributed by atoms with E-state index < -0.39 is 15.7 Å². The van der Waals surface area contributed by atoms with E-state index >= 15 is 0 Å². The van der Waals surface area contributed by atoms with Crippen LogP contribution >= 0.6 is 11.6 Å². The molecule has 1 saturated heterocycles. The molecule has 0 N–H and O–H groups in total. The smallest absolute Gasteiger partial charge is 0.410 e. The van der Waals surface area contributed by atoms with Crippen molar-refractivity contribution in [1.29, 1.82) is 0 Å². The maximum Gasteiger partial charge on any atom is 0.410 e. The van der Waals surface area contributed by atoms with Crippen molar-refractivity contribution in [3.8, 4) is 0 Å². The molecule has 0 bridgehead atoms. The Bertz CT molecular complexity index is 836. The van der Waals surface area contributed by atoms with Gasteiger partial charge < -0.3 is 14.4 Å². The quantitative estimate of drug-likeness (QED) is 0.444. The Morgan fingerprint density at radius 1 is 1.30 bits per heavy atom. The minimum atomic E-state index is -3.53. The minimum absolute atomic E-state index is 0.0154. The van der Waals surface area contributed by atoms with Crippen LogP contribution in [0.4, 0.5) is 4.79 Å². The standard InChI is InChI=1S/C21H32ClNO6S/c1-15-8-9-17(22)13-18(15)19(27-11-12-28-30(5,25)26)16-7-6-10-23(14-16)20(24)29-21(2,3)4/h8-9,13,16,19H,6-7,10-12,14H2,1-5H3/t16-,19-/m1/s1. The zero-order chi connectivity index (χ0) is 22.5. The predicted molar refractivity (Wildman–Crippen MR) is 116 cm³/mol. The first-order chi connectivity index (χ1) is 13.9. The molecule has 0 radical (unpaired) electrons. The summed E-state index contributed by atoms with van der Waals surface area (Å²) in [5.74, 6) is 0.0154. The van der Waals surface area contributed by atoms with Gasteiger partial charge in [0.2, 0.25) is 0 Å².